The van der Waals surface area contributed by atoms with Crippen molar-refractivity contribution >= 4 is 28.1 Å². The SMILES string of the molecule is CCNC1=NC(C=O)(S(=O)(=O)O)N(CC)c2nc(C3CC3)[nH]c21. The Bertz CT molecular complexity index is 767. The lowest BCUT2D eigenvalue weighted by molar-refractivity contribution is -0.110. The Morgan fingerprint density at radius 1 is 1.48 bits per heavy atom. The van der Waals surface area contributed by atoms with Crippen LogP contribution in [0.2, 0.25) is 0 Å². The molecular weight excluding hydrogens is 322 g/mol. The molecule has 1 aromatic heterocycles. The maximum Gasteiger partial charge on any atom is 0.320 e. The number of hydrogen-bond acceptors (Lipinski definition) is 7. The third-order valence-electron chi connectivity index (χ3n) is 4.01. The van der Waals surface area contributed by atoms with E-state index in [1.165, 1.54) is 4.90 Å². The number of likely N-dealkylation sites (N-methyl/N-ethyl adjacent to an activating group) is 1. The largest absolute Gasteiger partial charge is 0.369 e. The Morgan fingerprint density at radius 2 is 2.17 bits per heavy atom. The Labute approximate surface area is 133 Å². The van der Waals surface area contributed by atoms with E-state index in [4.69, 9.17) is 0 Å². The first kappa shape index (κ1) is 15.9. The van der Waals surface area contributed by atoms with Crippen LogP contribution in [0.1, 0.15) is 44.1 Å². The van der Waals surface area contributed by atoms with Gasteiger partial charge in [-0.15, -0.1) is 0 Å². The summed E-state index contributed by atoms with van der Waals surface area (Å²) in [5.74, 6) is 1.58. The summed E-state index contributed by atoms with van der Waals surface area (Å²) < 4.78 is 33.5. The molecule has 0 radical (unpaired) electrons. The molecule has 1 saturated carbocycles. The Hall–Kier alpha value is -1.94. The van der Waals surface area contributed by atoms with Crippen molar-refractivity contribution in [3.63, 3.8) is 0 Å². The summed E-state index contributed by atoms with van der Waals surface area (Å²) in [6.07, 6.45) is 2.17. The number of carbonyl (C=O) groups is 1. The van der Waals surface area contributed by atoms with E-state index in [0.29, 0.717) is 24.0 Å². The molecule has 126 valence electrons. The molecule has 3 rings (SSSR count). The van der Waals surface area contributed by atoms with Crippen molar-refractivity contribution < 1.29 is 17.8 Å². The summed E-state index contributed by atoms with van der Waals surface area (Å²) >= 11 is 0. The minimum Gasteiger partial charge on any atom is -0.369 e. The summed E-state index contributed by atoms with van der Waals surface area (Å²) in [4.78, 5) is 22.1. The van der Waals surface area contributed by atoms with E-state index in [1.54, 1.807) is 6.92 Å². The predicted molar refractivity (Wildman–Crippen MR) is 84.1 cm³/mol. The fraction of sp³-hybridized carbons (Fsp3) is 0.615. The van der Waals surface area contributed by atoms with Crippen LogP contribution in [0.5, 0.6) is 0 Å². The maximum absolute atomic E-state index is 11.9. The smallest absolute Gasteiger partial charge is 0.320 e. The Kier molecular flexibility index (Phi) is 3.68. The van der Waals surface area contributed by atoms with Gasteiger partial charge in [-0.25, -0.2) is 9.98 Å². The number of anilines is 1. The number of carbonyl (C=O) groups excluding carboxylic acids is 1. The molecule has 1 aliphatic heterocycles. The molecule has 3 N–H and O–H groups in total. The summed E-state index contributed by atoms with van der Waals surface area (Å²) in [7, 11) is -4.81. The van der Waals surface area contributed by atoms with Gasteiger partial charge in [0.2, 0.25) is 0 Å². The van der Waals surface area contributed by atoms with Crippen LogP contribution in [-0.2, 0) is 14.9 Å². The molecule has 1 unspecified atom stereocenters. The normalized spacial score (nSPS) is 24.1. The number of H-pyrrole nitrogens is 1. The minimum absolute atomic E-state index is 0.136. The van der Waals surface area contributed by atoms with Crippen LogP contribution in [0.3, 0.4) is 0 Å². The molecule has 9 nitrogen and oxygen atoms in total. The first-order chi connectivity index (χ1) is 10.9. The third-order valence-corrected chi connectivity index (χ3v) is 5.18. The second-order valence-corrected chi connectivity index (χ2v) is 7.13. The highest BCUT2D eigenvalue weighted by atomic mass is 32.2. The van der Waals surface area contributed by atoms with Crippen LogP contribution in [0.25, 0.3) is 0 Å². The summed E-state index contributed by atoms with van der Waals surface area (Å²) in [6.45, 7) is 4.11. The highest BCUT2D eigenvalue weighted by Gasteiger charge is 2.53. The molecule has 0 aromatic carbocycles. The number of rotatable bonds is 5. The number of nitrogens with one attached hydrogen (secondary N) is 2. The van der Waals surface area contributed by atoms with Crippen molar-refractivity contribution in [1.82, 2.24) is 15.3 Å². The van der Waals surface area contributed by atoms with Gasteiger partial charge in [0, 0.05) is 19.0 Å². The topological polar surface area (TPSA) is 128 Å². The van der Waals surface area contributed by atoms with E-state index in [-0.39, 0.29) is 18.7 Å². The van der Waals surface area contributed by atoms with Gasteiger partial charge in [0.25, 0.3) is 0 Å². The number of hydrogen-bond donors (Lipinski definition) is 3. The zero-order chi connectivity index (χ0) is 16.8. The fourth-order valence-electron chi connectivity index (χ4n) is 2.74. The van der Waals surface area contributed by atoms with Crippen LogP contribution in [0.4, 0.5) is 5.82 Å². The van der Waals surface area contributed by atoms with Crippen LogP contribution >= 0.6 is 0 Å². The lowest BCUT2D eigenvalue weighted by atomic mass is 10.2. The number of aliphatic imine (C=N–C) groups is 1. The Balaban J connectivity index is 2.23. The van der Waals surface area contributed by atoms with Crippen LogP contribution < -0.4 is 10.2 Å². The minimum atomic E-state index is -4.81. The molecule has 0 spiro atoms. The van der Waals surface area contributed by atoms with Gasteiger partial charge in [-0.2, -0.15) is 8.42 Å². The van der Waals surface area contributed by atoms with Crippen molar-refractivity contribution in [2.75, 3.05) is 18.0 Å². The maximum atomic E-state index is 11.9. The van der Waals surface area contributed by atoms with Gasteiger partial charge in [0.15, 0.2) is 17.9 Å². The number of aromatic nitrogens is 2. The lowest BCUT2D eigenvalue weighted by Gasteiger charge is -2.37. The van der Waals surface area contributed by atoms with Crippen molar-refractivity contribution in [2.24, 2.45) is 4.99 Å². The van der Waals surface area contributed by atoms with Crippen molar-refractivity contribution in [3.8, 4) is 0 Å². The van der Waals surface area contributed by atoms with Gasteiger partial charge in [0.1, 0.15) is 11.5 Å². The summed E-state index contributed by atoms with van der Waals surface area (Å²) in [6, 6.07) is 0. The molecule has 1 aliphatic carbocycles. The molecule has 0 bridgehead atoms. The molecule has 1 fully saturated rings. The molecule has 1 aromatic rings. The number of fused-ring (bicyclic) bond motifs is 1. The van der Waals surface area contributed by atoms with Gasteiger partial charge in [0.05, 0.1) is 0 Å². The molecular formula is C13H19N5O4S. The van der Waals surface area contributed by atoms with Gasteiger partial charge in [-0.3, -0.25) is 9.35 Å². The van der Waals surface area contributed by atoms with Crippen molar-refractivity contribution in [1.29, 1.82) is 0 Å². The van der Waals surface area contributed by atoms with E-state index >= 15 is 0 Å². The van der Waals surface area contributed by atoms with Gasteiger partial charge >= 0.3 is 15.1 Å². The second kappa shape index (κ2) is 5.31. The highest BCUT2D eigenvalue weighted by Crippen LogP contribution is 2.42. The van der Waals surface area contributed by atoms with E-state index in [2.05, 4.69) is 20.3 Å². The molecule has 1 atom stereocenters. The van der Waals surface area contributed by atoms with Crippen molar-refractivity contribution in [3.05, 3.63) is 11.5 Å². The zero-order valence-electron chi connectivity index (χ0n) is 12.9. The number of imidazole rings is 1. The quantitative estimate of drug-likeness (QED) is 0.516. The number of aldehydes is 1. The van der Waals surface area contributed by atoms with Crippen LogP contribution in [0, 0.1) is 0 Å². The predicted octanol–water partition coefficient (Wildman–Crippen LogP) is 0.224. The highest BCUT2D eigenvalue weighted by molar-refractivity contribution is 7.88. The Morgan fingerprint density at radius 3 is 2.65 bits per heavy atom. The number of amidine groups is 1. The third kappa shape index (κ3) is 2.32. The van der Waals surface area contributed by atoms with E-state index in [0.717, 1.165) is 18.7 Å². The van der Waals surface area contributed by atoms with Crippen molar-refractivity contribution in [2.45, 2.75) is 37.6 Å². The molecule has 2 aliphatic rings. The molecule has 10 heteroatoms. The first-order valence-corrected chi connectivity index (χ1v) is 8.97. The average molecular weight is 341 g/mol. The molecule has 2 heterocycles. The van der Waals surface area contributed by atoms with Gasteiger partial charge in [-0.05, 0) is 26.7 Å². The van der Waals surface area contributed by atoms with Gasteiger partial charge in [-0.1, -0.05) is 0 Å². The van der Waals surface area contributed by atoms with Crippen LogP contribution in [0.15, 0.2) is 4.99 Å². The summed E-state index contributed by atoms with van der Waals surface area (Å²) in [5.41, 5.74) is 0.539. The standard InChI is InChI=1S/C13H19N5O4S/c1-3-14-11-9-12(16-10(15-9)8-5-6-8)18(4-2)13(7-19,17-11)23(20,21)22/h7-8H,3-6H2,1-2H3,(H,14,17)(H,15,16)(H,20,21,22). The molecule has 0 saturated heterocycles. The lowest BCUT2D eigenvalue weighted by Crippen LogP contribution is -2.58. The average Bonchev–Trinajstić information content (AvgIpc) is 3.25. The van der Waals surface area contributed by atoms with E-state index in [1.807, 2.05) is 6.92 Å². The summed E-state index contributed by atoms with van der Waals surface area (Å²) in [5, 5.41) is 2.94. The second-order valence-electron chi connectivity index (χ2n) is 5.58. The van der Waals surface area contributed by atoms with Gasteiger partial charge < -0.3 is 15.2 Å². The van der Waals surface area contributed by atoms with Crippen LogP contribution in [-0.4, -0.2) is 53.1 Å². The van der Waals surface area contributed by atoms with E-state index < -0.39 is 15.1 Å². The number of aromatic amines is 1. The number of nitrogens with zero attached hydrogens (tertiary/aromatic N) is 3. The van der Waals surface area contributed by atoms with E-state index in [9.17, 15) is 17.8 Å². The molecule has 0 amide bonds. The molecule has 23 heavy (non-hydrogen) atoms. The zero-order valence-corrected chi connectivity index (χ0v) is 13.7. The first-order valence-electron chi connectivity index (χ1n) is 7.53. The monoisotopic (exact) mass is 341 g/mol. The fourth-order valence-corrected chi connectivity index (χ4v) is 3.56.